The molecule has 1 amide bonds. The summed E-state index contributed by atoms with van der Waals surface area (Å²) in [5, 5.41) is 2.92. The van der Waals surface area contributed by atoms with Gasteiger partial charge in [-0.1, -0.05) is 22.9 Å². The molecular weight excluding hydrogens is 258 g/mol. The van der Waals surface area contributed by atoms with Gasteiger partial charge in [0, 0.05) is 11.4 Å². The molecule has 0 aliphatic carbocycles. The third kappa shape index (κ3) is 4.98. The number of hydrogen-bond donors (Lipinski definition) is 1. The maximum Gasteiger partial charge on any atom is 0.249 e. The van der Waals surface area contributed by atoms with Gasteiger partial charge in [0.1, 0.15) is 6.10 Å². The third-order valence-corrected chi connectivity index (χ3v) is 3.06. The Morgan fingerprint density at radius 1 is 1.60 bits per heavy atom. The first-order valence-electron chi connectivity index (χ1n) is 5.67. The molecule has 3 nitrogen and oxygen atoms in total. The molecule has 1 rings (SSSR count). The van der Waals surface area contributed by atoms with Crippen LogP contribution in [0.25, 0.3) is 0 Å². The molecule has 0 aromatic rings. The second-order valence-electron chi connectivity index (χ2n) is 4.23. The Hall–Kier alpha value is -0.0900. The van der Waals surface area contributed by atoms with Crippen LogP contribution in [0.15, 0.2) is 0 Å². The molecular formula is C11H20BrNO2. The number of amides is 1. The molecule has 0 aromatic carbocycles. The summed E-state index contributed by atoms with van der Waals surface area (Å²) >= 11 is 3.48. The summed E-state index contributed by atoms with van der Waals surface area (Å²) in [4.78, 5) is 12.1. The van der Waals surface area contributed by atoms with E-state index < -0.39 is 0 Å². The van der Waals surface area contributed by atoms with E-state index in [0.29, 0.717) is 4.83 Å². The number of rotatable bonds is 5. The first kappa shape index (κ1) is 13.0. The Balaban J connectivity index is 2.08. The van der Waals surface area contributed by atoms with Crippen LogP contribution in [-0.2, 0) is 9.53 Å². The number of carbonyl (C=O) groups excluding carboxylic acids is 1. The van der Waals surface area contributed by atoms with Gasteiger partial charge in [-0.25, -0.2) is 0 Å². The molecule has 0 spiro atoms. The fraction of sp³-hybridized carbons (Fsp3) is 0.909. The van der Waals surface area contributed by atoms with Gasteiger partial charge in [-0.2, -0.15) is 0 Å². The van der Waals surface area contributed by atoms with Gasteiger partial charge in [-0.15, -0.1) is 0 Å². The maximum atomic E-state index is 11.6. The van der Waals surface area contributed by atoms with E-state index >= 15 is 0 Å². The SMILES string of the molecule is CC(Br)CCCNC(=O)C1CCC(C)O1. The fourth-order valence-electron chi connectivity index (χ4n) is 1.70. The zero-order valence-corrected chi connectivity index (χ0v) is 11.0. The molecule has 4 heteroatoms. The normalized spacial score (nSPS) is 27.7. The van der Waals surface area contributed by atoms with E-state index in [1.165, 1.54) is 0 Å². The highest BCUT2D eigenvalue weighted by Gasteiger charge is 2.27. The summed E-state index contributed by atoms with van der Waals surface area (Å²) < 4.78 is 5.48. The highest BCUT2D eigenvalue weighted by molar-refractivity contribution is 9.09. The topological polar surface area (TPSA) is 38.3 Å². The number of carbonyl (C=O) groups is 1. The van der Waals surface area contributed by atoms with Crippen molar-refractivity contribution in [2.75, 3.05) is 6.54 Å². The standard InChI is InChI=1S/C11H20BrNO2/c1-8(12)4-3-7-13-11(14)10-6-5-9(2)15-10/h8-10H,3-7H2,1-2H3,(H,13,14). The summed E-state index contributed by atoms with van der Waals surface area (Å²) in [7, 11) is 0. The van der Waals surface area contributed by atoms with Gasteiger partial charge in [0.05, 0.1) is 6.10 Å². The van der Waals surface area contributed by atoms with Crippen molar-refractivity contribution in [1.82, 2.24) is 5.32 Å². The van der Waals surface area contributed by atoms with Crippen LogP contribution in [0, 0.1) is 0 Å². The van der Waals surface area contributed by atoms with Crippen LogP contribution in [0.3, 0.4) is 0 Å². The Morgan fingerprint density at radius 3 is 2.87 bits per heavy atom. The van der Waals surface area contributed by atoms with Crippen LogP contribution in [0.4, 0.5) is 0 Å². The van der Waals surface area contributed by atoms with E-state index in [-0.39, 0.29) is 18.1 Å². The van der Waals surface area contributed by atoms with E-state index in [0.717, 1.165) is 32.2 Å². The van der Waals surface area contributed by atoms with Crippen molar-refractivity contribution in [3.8, 4) is 0 Å². The predicted octanol–water partition coefficient (Wildman–Crippen LogP) is 2.23. The van der Waals surface area contributed by atoms with Crippen LogP contribution < -0.4 is 5.32 Å². The Morgan fingerprint density at radius 2 is 2.33 bits per heavy atom. The molecule has 88 valence electrons. The quantitative estimate of drug-likeness (QED) is 0.618. The molecule has 3 unspecified atom stereocenters. The van der Waals surface area contributed by atoms with E-state index in [1.54, 1.807) is 0 Å². The van der Waals surface area contributed by atoms with Crippen LogP contribution in [0.5, 0.6) is 0 Å². The molecule has 0 saturated carbocycles. The van der Waals surface area contributed by atoms with Crippen LogP contribution in [0.1, 0.15) is 39.5 Å². The minimum Gasteiger partial charge on any atom is -0.365 e. The summed E-state index contributed by atoms with van der Waals surface area (Å²) in [5.41, 5.74) is 0. The van der Waals surface area contributed by atoms with Crippen molar-refractivity contribution in [3.05, 3.63) is 0 Å². The second kappa shape index (κ2) is 6.48. The number of nitrogens with one attached hydrogen (secondary N) is 1. The molecule has 1 aliphatic heterocycles. The molecule has 1 aliphatic rings. The third-order valence-electron chi connectivity index (χ3n) is 2.60. The smallest absolute Gasteiger partial charge is 0.249 e. The first-order valence-corrected chi connectivity index (χ1v) is 6.58. The zero-order valence-electron chi connectivity index (χ0n) is 9.46. The summed E-state index contributed by atoms with van der Waals surface area (Å²) in [6.45, 7) is 4.88. The minimum absolute atomic E-state index is 0.0570. The predicted molar refractivity (Wildman–Crippen MR) is 64.2 cm³/mol. The average Bonchev–Trinajstić information content (AvgIpc) is 2.59. The Labute approximate surface area is 100 Å². The molecule has 1 saturated heterocycles. The lowest BCUT2D eigenvalue weighted by molar-refractivity contribution is -0.131. The van der Waals surface area contributed by atoms with E-state index in [9.17, 15) is 4.79 Å². The number of alkyl halides is 1. The van der Waals surface area contributed by atoms with Crippen molar-refractivity contribution in [2.24, 2.45) is 0 Å². The average molecular weight is 278 g/mol. The van der Waals surface area contributed by atoms with E-state index in [4.69, 9.17) is 4.74 Å². The van der Waals surface area contributed by atoms with Crippen molar-refractivity contribution in [3.63, 3.8) is 0 Å². The summed E-state index contributed by atoms with van der Waals surface area (Å²) in [6.07, 6.45) is 3.99. The molecule has 1 fully saturated rings. The van der Waals surface area contributed by atoms with Gasteiger partial charge in [0.25, 0.3) is 0 Å². The Kier molecular flexibility index (Phi) is 5.61. The fourth-order valence-corrected chi connectivity index (χ4v) is 2.03. The second-order valence-corrected chi connectivity index (χ2v) is 5.79. The summed E-state index contributed by atoms with van der Waals surface area (Å²) in [5.74, 6) is 0.0570. The molecule has 3 atom stereocenters. The van der Waals surface area contributed by atoms with Gasteiger partial charge in [0.15, 0.2) is 0 Å². The zero-order chi connectivity index (χ0) is 11.3. The minimum atomic E-state index is -0.207. The number of hydrogen-bond acceptors (Lipinski definition) is 2. The van der Waals surface area contributed by atoms with Crippen molar-refractivity contribution in [1.29, 1.82) is 0 Å². The maximum absolute atomic E-state index is 11.6. The van der Waals surface area contributed by atoms with Crippen LogP contribution in [-0.4, -0.2) is 29.5 Å². The number of halogens is 1. The van der Waals surface area contributed by atoms with Gasteiger partial charge < -0.3 is 10.1 Å². The van der Waals surface area contributed by atoms with Gasteiger partial charge in [-0.3, -0.25) is 4.79 Å². The van der Waals surface area contributed by atoms with E-state index in [1.807, 2.05) is 6.92 Å². The van der Waals surface area contributed by atoms with Crippen molar-refractivity contribution >= 4 is 21.8 Å². The largest absolute Gasteiger partial charge is 0.365 e. The van der Waals surface area contributed by atoms with Gasteiger partial charge in [0.2, 0.25) is 5.91 Å². The van der Waals surface area contributed by atoms with E-state index in [2.05, 4.69) is 28.2 Å². The lowest BCUT2D eigenvalue weighted by Crippen LogP contribution is -2.35. The lowest BCUT2D eigenvalue weighted by Gasteiger charge is -2.11. The molecule has 0 aromatic heterocycles. The monoisotopic (exact) mass is 277 g/mol. The molecule has 15 heavy (non-hydrogen) atoms. The molecule has 1 N–H and O–H groups in total. The summed E-state index contributed by atoms with van der Waals surface area (Å²) in [6, 6.07) is 0. The van der Waals surface area contributed by atoms with Crippen LogP contribution in [0.2, 0.25) is 0 Å². The van der Waals surface area contributed by atoms with Crippen molar-refractivity contribution < 1.29 is 9.53 Å². The van der Waals surface area contributed by atoms with Crippen LogP contribution >= 0.6 is 15.9 Å². The van der Waals surface area contributed by atoms with Gasteiger partial charge in [-0.05, 0) is 32.6 Å². The highest BCUT2D eigenvalue weighted by Crippen LogP contribution is 2.18. The van der Waals surface area contributed by atoms with Gasteiger partial charge >= 0.3 is 0 Å². The van der Waals surface area contributed by atoms with Crippen molar-refractivity contribution in [2.45, 2.75) is 56.6 Å². The molecule has 0 radical (unpaired) electrons. The molecule has 1 heterocycles. The highest BCUT2D eigenvalue weighted by atomic mass is 79.9. The number of ether oxygens (including phenoxy) is 1. The molecule has 0 bridgehead atoms. The Bertz CT molecular complexity index is 209. The first-order chi connectivity index (χ1) is 7.09. The lowest BCUT2D eigenvalue weighted by atomic mass is 10.2.